The van der Waals surface area contributed by atoms with Gasteiger partial charge in [-0.15, -0.1) is 17.9 Å². The predicted molar refractivity (Wildman–Crippen MR) is 212 cm³/mol. The molecule has 57 heavy (non-hydrogen) atoms. The van der Waals surface area contributed by atoms with Gasteiger partial charge in [-0.2, -0.15) is 0 Å². The highest BCUT2D eigenvalue weighted by Crippen LogP contribution is 2.45. The van der Waals surface area contributed by atoms with Crippen LogP contribution in [0.2, 0.25) is 0 Å². The number of carbonyl (C=O) groups excluding carboxylic acids is 4. The van der Waals surface area contributed by atoms with E-state index in [1.165, 1.54) is 22.3 Å². The fourth-order valence-electron chi connectivity index (χ4n) is 6.90. The molecule has 2 fully saturated rings. The number of aliphatic carboxylic acids is 1. The smallest absolute Gasteiger partial charge is 0.407 e. The third-order valence-corrected chi connectivity index (χ3v) is 10.7. The van der Waals surface area contributed by atoms with Gasteiger partial charge in [-0.25, -0.2) is 23.9 Å². The van der Waals surface area contributed by atoms with Gasteiger partial charge in [0.2, 0.25) is 17.7 Å². The van der Waals surface area contributed by atoms with E-state index in [0.29, 0.717) is 45.3 Å². The second-order valence-corrected chi connectivity index (χ2v) is 17.5. The molecule has 0 bridgehead atoms. The number of rotatable bonds is 14. The van der Waals surface area contributed by atoms with Gasteiger partial charge in [-0.3, -0.25) is 14.4 Å². The number of thiazole rings is 1. The molecule has 1 saturated heterocycles. The topological polar surface area (TPSA) is 198 Å². The van der Waals surface area contributed by atoms with Crippen LogP contribution in [0.5, 0.6) is 11.5 Å². The summed E-state index contributed by atoms with van der Waals surface area (Å²) in [5.41, 5.74) is -0.528. The molecule has 4 N–H and O–H groups in total. The summed E-state index contributed by atoms with van der Waals surface area (Å²) >= 11 is 1.25. The van der Waals surface area contributed by atoms with E-state index >= 15 is 0 Å². The number of likely N-dealkylation sites (tertiary alicyclic amines) is 1. The van der Waals surface area contributed by atoms with Crippen LogP contribution in [0.25, 0.3) is 22.3 Å². The number of anilines is 1. The van der Waals surface area contributed by atoms with Gasteiger partial charge < -0.3 is 40.2 Å². The number of hydrogen-bond acceptors (Lipinski definition) is 11. The fourth-order valence-corrected chi connectivity index (χ4v) is 7.62. The molecule has 0 unspecified atom stereocenters. The van der Waals surface area contributed by atoms with E-state index in [1.54, 1.807) is 51.5 Å². The Morgan fingerprint density at radius 2 is 1.84 bits per heavy atom. The second-order valence-electron chi connectivity index (χ2n) is 16.7. The van der Waals surface area contributed by atoms with Gasteiger partial charge in [-0.05, 0) is 36.3 Å². The molecule has 0 spiro atoms. The normalized spacial score (nSPS) is 21.0. The molecule has 4 amide bonds. The van der Waals surface area contributed by atoms with Crippen molar-refractivity contribution in [2.45, 2.75) is 91.5 Å². The SMILES string of the molecule is C=C[C@@H]1C[C@]1(NC(=O)[C@@H]1C[C@@H](Oc2cc(-c3csc(NC(=O)CC(C)(C)C)n3)nc3c(C)c(OC)ccc23)CN1C(=O)[C@@H](NC(=O)OCCF)C(C)(C)C)C(=O)O. The Labute approximate surface area is 334 Å². The van der Waals surface area contributed by atoms with Crippen molar-refractivity contribution in [3.8, 4) is 22.9 Å². The van der Waals surface area contributed by atoms with Crippen LogP contribution < -0.4 is 25.4 Å². The molecule has 308 valence electrons. The molecule has 0 radical (unpaired) electrons. The number of hydrogen-bond donors (Lipinski definition) is 4. The van der Waals surface area contributed by atoms with Gasteiger partial charge in [0.05, 0.1) is 24.9 Å². The molecular formula is C40H51FN6O9S. The van der Waals surface area contributed by atoms with Crippen LogP contribution in [0.4, 0.5) is 14.3 Å². The number of aryl methyl sites for hydroxylation is 1. The fraction of sp³-hybridized carbons (Fsp3) is 0.525. The van der Waals surface area contributed by atoms with Crippen molar-refractivity contribution in [3.63, 3.8) is 0 Å². The average molecular weight is 811 g/mol. The summed E-state index contributed by atoms with van der Waals surface area (Å²) in [6.45, 7) is 15.0. The summed E-state index contributed by atoms with van der Waals surface area (Å²) in [6, 6.07) is 2.83. The van der Waals surface area contributed by atoms with E-state index in [4.69, 9.17) is 19.2 Å². The van der Waals surface area contributed by atoms with Crippen molar-refractivity contribution in [2.24, 2.45) is 16.7 Å². The quantitative estimate of drug-likeness (QED) is 0.147. The van der Waals surface area contributed by atoms with Crippen molar-refractivity contribution in [1.82, 2.24) is 25.5 Å². The van der Waals surface area contributed by atoms with E-state index in [1.807, 2.05) is 27.7 Å². The first-order chi connectivity index (χ1) is 26.7. The lowest BCUT2D eigenvalue weighted by Gasteiger charge is -2.35. The number of alkyl carbamates (subject to hydrolysis) is 1. The molecule has 5 atom stereocenters. The minimum atomic E-state index is -1.57. The van der Waals surface area contributed by atoms with Crippen molar-refractivity contribution < 1.29 is 47.7 Å². The number of methoxy groups -OCH3 is 1. The molecule has 2 aliphatic rings. The number of carbonyl (C=O) groups is 5. The van der Waals surface area contributed by atoms with Crippen LogP contribution in [-0.4, -0.2) is 100 Å². The van der Waals surface area contributed by atoms with Gasteiger partial charge in [0.15, 0.2) is 5.13 Å². The Hall–Kier alpha value is -5.32. The van der Waals surface area contributed by atoms with Gasteiger partial charge in [0.25, 0.3) is 0 Å². The summed E-state index contributed by atoms with van der Waals surface area (Å²) in [6.07, 6.45) is 0.0554. The Bertz CT molecular complexity index is 2060. The van der Waals surface area contributed by atoms with Gasteiger partial charge in [-0.1, -0.05) is 47.6 Å². The number of aromatic nitrogens is 2. The minimum absolute atomic E-state index is 0.0376. The van der Waals surface area contributed by atoms with Crippen LogP contribution >= 0.6 is 11.3 Å². The number of nitrogens with zero attached hydrogens (tertiary/aromatic N) is 3. The molecule has 3 heterocycles. The number of benzene rings is 1. The van der Waals surface area contributed by atoms with Crippen LogP contribution in [0.3, 0.4) is 0 Å². The summed E-state index contributed by atoms with van der Waals surface area (Å²) in [7, 11) is 1.55. The molecule has 5 rings (SSSR count). The Kier molecular flexibility index (Phi) is 12.5. The number of nitrogens with one attached hydrogen (secondary N) is 3. The first kappa shape index (κ1) is 42.8. The number of carboxylic acid groups (broad SMARTS) is 1. The minimum Gasteiger partial charge on any atom is -0.496 e. The highest BCUT2D eigenvalue weighted by atomic mass is 32.1. The second kappa shape index (κ2) is 16.6. The molecule has 1 saturated carbocycles. The third kappa shape index (κ3) is 9.63. The Morgan fingerprint density at radius 1 is 1.12 bits per heavy atom. The van der Waals surface area contributed by atoms with E-state index in [-0.39, 0.29) is 30.7 Å². The van der Waals surface area contributed by atoms with E-state index in [0.717, 1.165) is 5.56 Å². The van der Waals surface area contributed by atoms with Crippen molar-refractivity contribution >= 4 is 57.2 Å². The van der Waals surface area contributed by atoms with E-state index in [9.17, 15) is 33.5 Å². The lowest BCUT2D eigenvalue weighted by Crippen LogP contribution is -2.59. The third-order valence-electron chi connectivity index (χ3n) is 9.93. The lowest BCUT2D eigenvalue weighted by atomic mass is 9.85. The van der Waals surface area contributed by atoms with E-state index < -0.39 is 72.2 Å². The molecule has 1 aliphatic carbocycles. The summed E-state index contributed by atoms with van der Waals surface area (Å²) < 4.78 is 29.9. The number of pyridine rings is 1. The highest BCUT2D eigenvalue weighted by molar-refractivity contribution is 7.14. The molecule has 2 aromatic heterocycles. The highest BCUT2D eigenvalue weighted by Gasteiger charge is 2.61. The monoisotopic (exact) mass is 810 g/mol. The summed E-state index contributed by atoms with van der Waals surface area (Å²) in [4.78, 5) is 76.9. The predicted octanol–water partition coefficient (Wildman–Crippen LogP) is 5.65. The number of fused-ring (bicyclic) bond motifs is 1. The molecule has 15 nitrogen and oxygen atoms in total. The van der Waals surface area contributed by atoms with Crippen molar-refractivity contribution in [2.75, 3.05) is 32.3 Å². The maximum Gasteiger partial charge on any atom is 0.407 e. The summed E-state index contributed by atoms with van der Waals surface area (Å²) in [5.74, 6) is -2.32. The number of alkyl halides is 1. The largest absolute Gasteiger partial charge is 0.496 e. The summed E-state index contributed by atoms with van der Waals surface area (Å²) in [5, 5.41) is 20.9. The molecule has 1 aromatic carbocycles. The number of ether oxygens (including phenoxy) is 3. The van der Waals surface area contributed by atoms with E-state index in [2.05, 4.69) is 27.5 Å². The number of amides is 4. The number of halogens is 1. The van der Waals surface area contributed by atoms with Crippen LogP contribution in [0, 0.1) is 23.7 Å². The van der Waals surface area contributed by atoms with Gasteiger partial charge >= 0.3 is 12.1 Å². The zero-order valence-corrected chi connectivity index (χ0v) is 34.3. The Morgan fingerprint density at radius 3 is 2.44 bits per heavy atom. The van der Waals surface area contributed by atoms with Gasteiger partial charge in [0, 0.05) is 41.2 Å². The molecular weight excluding hydrogens is 760 g/mol. The van der Waals surface area contributed by atoms with Crippen molar-refractivity contribution in [3.05, 3.63) is 41.8 Å². The van der Waals surface area contributed by atoms with Gasteiger partial charge in [0.1, 0.15) is 54.2 Å². The first-order valence-corrected chi connectivity index (χ1v) is 19.5. The van der Waals surface area contributed by atoms with Crippen LogP contribution in [-0.2, 0) is 23.9 Å². The van der Waals surface area contributed by atoms with Crippen LogP contribution in [0.1, 0.15) is 66.4 Å². The zero-order chi connectivity index (χ0) is 42.0. The molecule has 3 aromatic rings. The zero-order valence-electron chi connectivity index (χ0n) is 33.5. The molecule has 17 heteroatoms. The lowest BCUT2D eigenvalue weighted by molar-refractivity contribution is -0.146. The maximum atomic E-state index is 14.4. The average Bonchev–Trinajstić information content (AvgIpc) is 3.40. The molecule has 1 aliphatic heterocycles. The van der Waals surface area contributed by atoms with Crippen molar-refractivity contribution in [1.29, 1.82) is 0 Å². The Balaban J connectivity index is 1.51. The number of carboxylic acids is 1. The maximum absolute atomic E-state index is 14.4. The first-order valence-electron chi connectivity index (χ1n) is 18.6. The van der Waals surface area contributed by atoms with Crippen LogP contribution in [0.15, 0.2) is 36.2 Å². The standard InChI is InChI=1S/C40H51FN6O9S/c1-10-22-17-40(22,35(51)52)46-33(49)27-15-23(19-47(27)34(50)32(39(6,7)8)45-37(53)55-14-13-41)56-29-16-25(42-31-21(2)28(54-9)12-11-24(29)31)26-20-57-36(43-26)44-30(48)18-38(3,4)5/h10-12,16,20,22-23,27,32H,1,13-15,17-19H2,2-9H3,(H,45,53)(H,46,49)(H,51,52)(H,43,44,48)/t22-,23-,27+,32-,40-/m1/s1.